The monoisotopic (exact) mass is 148 g/mol. The highest BCUT2D eigenvalue weighted by atomic mass is 31.0. The summed E-state index contributed by atoms with van der Waals surface area (Å²) in [5, 5.41) is 0. The summed E-state index contributed by atoms with van der Waals surface area (Å²) in [5.74, 6) is -0.103. The van der Waals surface area contributed by atoms with E-state index in [0.717, 1.165) is 12.6 Å². The van der Waals surface area contributed by atoms with E-state index in [9.17, 15) is 4.79 Å². The summed E-state index contributed by atoms with van der Waals surface area (Å²) in [6.07, 6.45) is 2.42. The maximum atomic E-state index is 10.5. The van der Waals surface area contributed by atoms with Gasteiger partial charge in [-0.3, -0.25) is 4.79 Å². The Morgan fingerprint density at radius 3 is 2.78 bits per heavy atom. The zero-order chi connectivity index (χ0) is 7.11. The van der Waals surface area contributed by atoms with Gasteiger partial charge in [0.05, 0.1) is 6.61 Å². The van der Waals surface area contributed by atoms with Crippen molar-refractivity contribution in [3.05, 3.63) is 0 Å². The molecule has 0 amide bonds. The molecule has 0 N–H and O–H groups in total. The summed E-state index contributed by atoms with van der Waals surface area (Å²) in [4.78, 5) is 10.5. The van der Waals surface area contributed by atoms with Gasteiger partial charge in [-0.1, -0.05) is 6.92 Å². The maximum absolute atomic E-state index is 10.5. The van der Waals surface area contributed by atoms with E-state index < -0.39 is 0 Å². The summed E-state index contributed by atoms with van der Waals surface area (Å²) in [5.41, 5.74) is 0. The summed E-state index contributed by atoms with van der Waals surface area (Å²) in [6.45, 7) is 2.36. The summed E-state index contributed by atoms with van der Waals surface area (Å²) < 4.78 is 4.78. The summed E-state index contributed by atoms with van der Waals surface area (Å²) in [7, 11) is 2.59. The second kappa shape index (κ2) is 6.03. The smallest absolute Gasteiger partial charge is 0.305 e. The molecule has 1 atom stereocenters. The molecule has 0 radical (unpaired) electrons. The predicted octanol–water partition coefficient (Wildman–Crippen LogP) is 1.20. The number of carbonyl (C=O) groups excluding carboxylic acids is 1. The number of esters is 1. The van der Waals surface area contributed by atoms with Gasteiger partial charge < -0.3 is 4.74 Å². The number of hydrogen-bond acceptors (Lipinski definition) is 2. The largest absolute Gasteiger partial charge is 0.466 e. The molecular weight excluding hydrogens is 135 g/mol. The standard InChI is InChI=1S/C6H13O2P/c1-2-6(7)8-4-3-5-9/h2-5,9H2,1H3. The quantitative estimate of drug-likeness (QED) is 0.340. The van der Waals surface area contributed by atoms with E-state index in [1.807, 2.05) is 0 Å². The highest BCUT2D eigenvalue weighted by Gasteiger charge is 1.94. The van der Waals surface area contributed by atoms with Crippen LogP contribution in [0.15, 0.2) is 0 Å². The van der Waals surface area contributed by atoms with Crippen LogP contribution in [0.3, 0.4) is 0 Å². The molecule has 0 aromatic carbocycles. The minimum Gasteiger partial charge on any atom is -0.466 e. The lowest BCUT2D eigenvalue weighted by atomic mass is 10.5. The third-order valence-electron chi connectivity index (χ3n) is 0.900. The van der Waals surface area contributed by atoms with Crippen LogP contribution in [0, 0.1) is 0 Å². The first-order chi connectivity index (χ1) is 4.31. The highest BCUT2D eigenvalue weighted by Crippen LogP contribution is 1.90. The third-order valence-corrected chi connectivity index (χ3v) is 1.31. The Balaban J connectivity index is 2.97. The first-order valence-electron chi connectivity index (χ1n) is 3.17. The van der Waals surface area contributed by atoms with Crippen LogP contribution in [-0.4, -0.2) is 18.7 Å². The van der Waals surface area contributed by atoms with Crippen LogP contribution >= 0.6 is 9.24 Å². The van der Waals surface area contributed by atoms with Gasteiger partial charge in [0.2, 0.25) is 0 Å². The fourth-order valence-corrected chi connectivity index (χ4v) is 0.538. The van der Waals surface area contributed by atoms with Crippen LogP contribution in [0.2, 0.25) is 0 Å². The topological polar surface area (TPSA) is 26.3 Å². The normalized spacial score (nSPS) is 9.11. The fourth-order valence-electron chi connectivity index (χ4n) is 0.371. The van der Waals surface area contributed by atoms with Crippen molar-refractivity contribution < 1.29 is 9.53 Å². The van der Waals surface area contributed by atoms with Crippen LogP contribution in [-0.2, 0) is 9.53 Å². The Hall–Kier alpha value is -0.100. The number of rotatable bonds is 4. The molecule has 2 nitrogen and oxygen atoms in total. The molecule has 0 aliphatic heterocycles. The average Bonchev–Trinajstić information content (AvgIpc) is 1.89. The molecule has 0 aliphatic rings. The van der Waals surface area contributed by atoms with Crippen molar-refractivity contribution in [1.29, 1.82) is 0 Å². The molecule has 9 heavy (non-hydrogen) atoms. The molecule has 0 saturated carbocycles. The van der Waals surface area contributed by atoms with Gasteiger partial charge in [-0.05, 0) is 12.6 Å². The third kappa shape index (κ3) is 5.78. The Morgan fingerprint density at radius 1 is 1.67 bits per heavy atom. The van der Waals surface area contributed by atoms with E-state index in [2.05, 4.69) is 9.24 Å². The zero-order valence-corrected chi connectivity index (χ0v) is 6.88. The molecule has 0 aliphatic carbocycles. The molecule has 0 saturated heterocycles. The minimum atomic E-state index is -0.103. The van der Waals surface area contributed by atoms with Crippen LogP contribution in [0.25, 0.3) is 0 Å². The lowest BCUT2D eigenvalue weighted by Crippen LogP contribution is -2.03. The molecule has 3 heteroatoms. The zero-order valence-electron chi connectivity index (χ0n) is 5.72. The number of ether oxygens (including phenoxy) is 1. The Bertz CT molecular complexity index is 83.1. The first kappa shape index (κ1) is 8.90. The lowest BCUT2D eigenvalue weighted by Gasteiger charge is -1.99. The molecule has 54 valence electrons. The summed E-state index contributed by atoms with van der Waals surface area (Å²) in [6, 6.07) is 0. The molecule has 0 spiro atoms. The van der Waals surface area contributed by atoms with Gasteiger partial charge >= 0.3 is 5.97 Å². The predicted molar refractivity (Wildman–Crippen MR) is 40.4 cm³/mol. The number of carbonyl (C=O) groups is 1. The second-order valence-electron chi connectivity index (χ2n) is 1.72. The average molecular weight is 148 g/mol. The van der Waals surface area contributed by atoms with E-state index in [1.54, 1.807) is 6.92 Å². The van der Waals surface area contributed by atoms with Crippen molar-refractivity contribution in [3.8, 4) is 0 Å². The van der Waals surface area contributed by atoms with E-state index in [0.29, 0.717) is 13.0 Å². The van der Waals surface area contributed by atoms with Crippen LogP contribution in [0.1, 0.15) is 19.8 Å². The Labute approximate surface area is 58.2 Å². The van der Waals surface area contributed by atoms with E-state index >= 15 is 0 Å². The van der Waals surface area contributed by atoms with Gasteiger partial charge in [0, 0.05) is 6.42 Å². The van der Waals surface area contributed by atoms with Crippen molar-refractivity contribution in [3.63, 3.8) is 0 Å². The second-order valence-corrected chi connectivity index (χ2v) is 2.29. The van der Waals surface area contributed by atoms with E-state index in [-0.39, 0.29) is 5.97 Å². The fraction of sp³-hybridized carbons (Fsp3) is 0.833. The van der Waals surface area contributed by atoms with Crippen LogP contribution < -0.4 is 0 Å². The Morgan fingerprint density at radius 2 is 2.33 bits per heavy atom. The summed E-state index contributed by atoms with van der Waals surface area (Å²) >= 11 is 0. The molecule has 0 heterocycles. The molecule has 0 bridgehead atoms. The molecule has 0 aromatic rings. The van der Waals surface area contributed by atoms with Gasteiger partial charge in [-0.15, -0.1) is 9.24 Å². The van der Waals surface area contributed by atoms with Gasteiger partial charge in [0.15, 0.2) is 0 Å². The van der Waals surface area contributed by atoms with Crippen molar-refractivity contribution in [2.75, 3.05) is 12.8 Å². The van der Waals surface area contributed by atoms with Crippen molar-refractivity contribution >= 4 is 15.2 Å². The molecule has 0 fully saturated rings. The van der Waals surface area contributed by atoms with Gasteiger partial charge in [0.1, 0.15) is 0 Å². The molecule has 1 unspecified atom stereocenters. The molecule has 0 aromatic heterocycles. The SMILES string of the molecule is CCC(=O)OCCCP. The maximum Gasteiger partial charge on any atom is 0.305 e. The Kier molecular flexibility index (Phi) is 5.96. The van der Waals surface area contributed by atoms with Gasteiger partial charge in [-0.2, -0.15) is 0 Å². The van der Waals surface area contributed by atoms with E-state index in [4.69, 9.17) is 4.74 Å². The molecule has 0 rings (SSSR count). The highest BCUT2D eigenvalue weighted by molar-refractivity contribution is 7.16. The van der Waals surface area contributed by atoms with Crippen LogP contribution in [0.4, 0.5) is 0 Å². The van der Waals surface area contributed by atoms with Crippen molar-refractivity contribution in [2.24, 2.45) is 0 Å². The minimum absolute atomic E-state index is 0.103. The molecular formula is C6H13O2P. The van der Waals surface area contributed by atoms with Crippen molar-refractivity contribution in [2.45, 2.75) is 19.8 Å². The van der Waals surface area contributed by atoms with E-state index in [1.165, 1.54) is 0 Å². The number of hydrogen-bond donors (Lipinski definition) is 0. The van der Waals surface area contributed by atoms with Crippen molar-refractivity contribution in [1.82, 2.24) is 0 Å². The lowest BCUT2D eigenvalue weighted by molar-refractivity contribution is -0.143. The first-order valence-corrected chi connectivity index (χ1v) is 3.98. The van der Waals surface area contributed by atoms with Crippen LogP contribution in [0.5, 0.6) is 0 Å². The van der Waals surface area contributed by atoms with Gasteiger partial charge in [0.25, 0.3) is 0 Å². The van der Waals surface area contributed by atoms with Gasteiger partial charge in [-0.25, -0.2) is 0 Å².